The van der Waals surface area contributed by atoms with Crippen LogP contribution < -0.4 is 5.56 Å². The SMILES string of the molecule is CCCc1nc(C2CCCCC2)[nH]c(=O)c1Br. The lowest BCUT2D eigenvalue weighted by molar-refractivity contribution is 0.426. The molecule has 94 valence electrons. The molecule has 0 aliphatic heterocycles. The predicted molar refractivity (Wildman–Crippen MR) is 72.4 cm³/mol. The first-order chi connectivity index (χ1) is 8.22. The Morgan fingerprint density at radius 3 is 2.71 bits per heavy atom. The van der Waals surface area contributed by atoms with E-state index in [1.54, 1.807) is 0 Å². The summed E-state index contributed by atoms with van der Waals surface area (Å²) >= 11 is 3.33. The largest absolute Gasteiger partial charge is 0.309 e. The second-order valence-corrected chi connectivity index (χ2v) is 5.59. The molecule has 0 bridgehead atoms. The molecule has 4 heteroatoms. The molecule has 3 nitrogen and oxygen atoms in total. The van der Waals surface area contributed by atoms with Gasteiger partial charge in [-0.2, -0.15) is 0 Å². The van der Waals surface area contributed by atoms with Gasteiger partial charge in [-0.3, -0.25) is 4.79 Å². The summed E-state index contributed by atoms with van der Waals surface area (Å²) in [5.74, 6) is 1.36. The van der Waals surface area contributed by atoms with E-state index in [0.717, 1.165) is 37.2 Å². The third-order valence-electron chi connectivity index (χ3n) is 3.43. The quantitative estimate of drug-likeness (QED) is 0.928. The van der Waals surface area contributed by atoms with E-state index in [4.69, 9.17) is 0 Å². The van der Waals surface area contributed by atoms with E-state index in [-0.39, 0.29) is 5.56 Å². The Hall–Kier alpha value is -0.640. The number of aromatic nitrogens is 2. The fraction of sp³-hybridized carbons (Fsp3) is 0.692. The predicted octanol–water partition coefficient (Wildman–Crippen LogP) is 3.53. The zero-order valence-corrected chi connectivity index (χ0v) is 11.8. The van der Waals surface area contributed by atoms with Crippen LogP contribution in [0.25, 0.3) is 0 Å². The number of aryl methyl sites for hydroxylation is 1. The van der Waals surface area contributed by atoms with Crippen LogP contribution in [-0.2, 0) is 6.42 Å². The maximum absolute atomic E-state index is 11.8. The average molecular weight is 299 g/mol. The molecule has 0 atom stereocenters. The van der Waals surface area contributed by atoms with E-state index in [1.165, 1.54) is 19.3 Å². The summed E-state index contributed by atoms with van der Waals surface area (Å²) in [6.07, 6.45) is 8.04. The number of hydrogen-bond acceptors (Lipinski definition) is 2. The summed E-state index contributed by atoms with van der Waals surface area (Å²) < 4.78 is 0.610. The maximum Gasteiger partial charge on any atom is 0.265 e. The van der Waals surface area contributed by atoms with Crippen molar-refractivity contribution in [2.24, 2.45) is 0 Å². The first kappa shape index (κ1) is 12.8. The molecule has 0 amide bonds. The molecule has 1 aromatic heterocycles. The van der Waals surface area contributed by atoms with Crippen molar-refractivity contribution in [1.29, 1.82) is 0 Å². The van der Waals surface area contributed by atoms with Gasteiger partial charge in [0, 0.05) is 5.92 Å². The van der Waals surface area contributed by atoms with Crippen LogP contribution in [0.4, 0.5) is 0 Å². The first-order valence-electron chi connectivity index (χ1n) is 6.51. The van der Waals surface area contributed by atoms with Crippen molar-refractivity contribution in [3.05, 3.63) is 26.3 Å². The molecule has 0 radical (unpaired) electrons. The van der Waals surface area contributed by atoms with Crippen molar-refractivity contribution < 1.29 is 0 Å². The molecule has 2 rings (SSSR count). The third-order valence-corrected chi connectivity index (χ3v) is 4.25. The van der Waals surface area contributed by atoms with Gasteiger partial charge in [0.25, 0.3) is 5.56 Å². The highest BCUT2D eigenvalue weighted by Crippen LogP contribution is 2.30. The van der Waals surface area contributed by atoms with Gasteiger partial charge in [0.15, 0.2) is 0 Å². The second-order valence-electron chi connectivity index (χ2n) is 4.80. The van der Waals surface area contributed by atoms with Crippen LogP contribution in [0.15, 0.2) is 9.27 Å². The standard InChI is InChI=1S/C13H19BrN2O/c1-2-6-10-11(14)13(17)16-12(15-10)9-7-4-3-5-8-9/h9H,2-8H2,1H3,(H,15,16,17). The normalized spacial score (nSPS) is 17.3. The summed E-state index contributed by atoms with van der Waals surface area (Å²) in [4.78, 5) is 19.4. The highest BCUT2D eigenvalue weighted by atomic mass is 79.9. The van der Waals surface area contributed by atoms with Gasteiger partial charge in [0.2, 0.25) is 0 Å². The topological polar surface area (TPSA) is 45.8 Å². The van der Waals surface area contributed by atoms with Crippen LogP contribution in [0.3, 0.4) is 0 Å². The molecule has 1 heterocycles. The fourth-order valence-corrected chi connectivity index (χ4v) is 2.88. The molecule has 0 unspecified atom stereocenters. The average Bonchev–Trinajstić information content (AvgIpc) is 2.36. The van der Waals surface area contributed by atoms with Gasteiger partial charge in [-0.15, -0.1) is 0 Å². The van der Waals surface area contributed by atoms with Gasteiger partial charge in [-0.25, -0.2) is 4.98 Å². The molecule has 0 aromatic carbocycles. The molecule has 1 aliphatic rings. The van der Waals surface area contributed by atoms with E-state index in [0.29, 0.717) is 10.4 Å². The number of hydrogen-bond donors (Lipinski definition) is 1. The summed E-state index contributed by atoms with van der Waals surface area (Å²) in [5.41, 5.74) is 0.890. The highest BCUT2D eigenvalue weighted by Gasteiger charge is 2.19. The minimum absolute atomic E-state index is 0.0241. The lowest BCUT2D eigenvalue weighted by Gasteiger charge is -2.21. The Labute approximate surface area is 110 Å². The van der Waals surface area contributed by atoms with Gasteiger partial charge in [-0.1, -0.05) is 32.6 Å². The van der Waals surface area contributed by atoms with Gasteiger partial charge >= 0.3 is 0 Å². The van der Waals surface area contributed by atoms with Crippen molar-refractivity contribution in [1.82, 2.24) is 9.97 Å². The van der Waals surface area contributed by atoms with E-state index >= 15 is 0 Å². The summed E-state index contributed by atoms with van der Waals surface area (Å²) in [7, 11) is 0. The smallest absolute Gasteiger partial charge is 0.265 e. The van der Waals surface area contributed by atoms with Crippen LogP contribution in [0, 0.1) is 0 Å². The first-order valence-corrected chi connectivity index (χ1v) is 7.30. The van der Waals surface area contributed by atoms with Crippen LogP contribution in [0.1, 0.15) is 62.9 Å². The van der Waals surface area contributed by atoms with Crippen molar-refractivity contribution in [3.63, 3.8) is 0 Å². The Morgan fingerprint density at radius 1 is 1.35 bits per heavy atom. The maximum atomic E-state index is 11.8. The molecule has 1 aliphatic carbocycles. The zero-order chi connectivity index (χ0) is 12.3. The highest BCUT2D eigenvalue weighted by molar-refractivity contribution is 9.10. The van der Waals surface area contributed by atoms with Crippen LogP contribution in [0.5, 0.6) is 0 Å². The van der Waals surface area contributed by atoms with Crippen molar-refractivity contribution in [3.8, 4) is 0 Å². The number of H-pyrrole nitrogens is 1. The van der Waals surface area contributed by atoms with Crippen LogP contribution in [0.2, 0.25) is 0 Å². The van der Waals surface area contributed by atoms with E-state index < -0.39 is 0 Å². The van der Waals surface area contributed by atoms with Crippen molar-refractivity contribution >= 4 is 15.9 Å². The minimum atomic E-state index is -0.0241. The number of rotatable bonds is 3. The van der Waals surface area contributed by atoms with Crippen molar-refractivity contribution in [2.75, 3.05) is 0 Å². The van der Waals surface area contributed by atoms with E-state index in [9.17, 15) is 4.79 Å². The Kier molecular flexibility index (Phi) is 4.37. The summed E-state index contributed by atoms with van der Waals surface area (Å²) in [6.45, 7) is 2.11. The minimum Gasteiger partial charge on any atom is -0.309 e. The summed E-state index contributed by atoms with van der Waals surface area (Å²) in [6, 6.07) is 0. The lowest BCUT2D eigenvalue weighted by Crippen LogP contribution is -2.19. The third kappa shape index (κ3) is 2.97. The number of nitrogens with zero attached hydrogens (tertiary/aromatic N) is 1. The van der Waals surface area contributed by atoms with Crippen LogP contribution in [-0.4, -0.2) is 9.97 Å². The monoisotopic (exact) mass is 298 g/mol. The fourth-order valence-electron chi connectivity index (χ4n) is 2.50. The number of aromatic amines is 1. The van der Waals surface area contributed by atoms with Gasteiger partial charge in [0.1, 0.15) is 10.3 Å². The second kappa shape index (κ2) is 5.80. The Morgan fingerprint density at radius 2 is 2.06 bits per heavy atom. The Bertz CT molecular complexity index is 436. The van der Waals surface area contributed by atoms with Gasteiger partial charge in [-0.05, 0) is 35.2 Å². The molecule has 0 saturated heterocycles. The Balaban J connectivity index is 2.30. The van der Waals surface area contributed by atoms with Gasteiger partial charge in [0.05, 0.1) is 5.69 Å². The molecule has 17 heavy (non-hydrogen) atoms. The number of nitrogens with one attached hydrogen (secondary N) is 1. The molecule has 1 N–H and O–H groups in total. The van der Waals surface area contributed by atoms with Gasteiger partial charge < -0.3 is 4.98 Å². The summed E-state index contributed by atoms with van der Waals surface area (Å²) in [5, 5.41) is 0. The lowest BCUT2D eigenvalue weighted by atomic mass is 9.88. The molecular formula is C13H19BrN2O. The number of halogens is 1. The molecule has 0 spiro atoms. The molecule has 1 fully saturated rings. The van der Waals surface area contributed by atoms with Crippen molar-refractivity contribution in [2.45, 2.75) is 57.8 Å². The van der Waals surface area contributed by atoms with E-state index in [1.807, 2.05) is 0 Å². The molecular weight excluding hydrogens is 280 g/mol. The molecule has 1 aromatic rings. The molecule has 1 saturated carbocycles. The van der Waals surface area contributed by atoms with Crippen LogP contribution >= 0.6 is 15.9 Å². The van der Waals surface area contributed by atoms with E-state index in [2.05, 4.69) is 32.8 Å². The zero-order valence-electron chi connectivity index (χ0n) is 10.3.